The Morgan fingerprint density at radius 3 is 2.86 bits per heavy atom. The van der Waals surface area contributed by atoms with Crippen molar-refractivity contribution in [2.75, 3.05) is 5.32 Å². The fraction of sp³-hybridized carbons (Fsp3) is 0.176. The number of halogens is 1. The zero-order valence-electron chi connectivity index (χ0n) is 12.2. The molecule has 1 aromatic heterocycles. The summed E-state index contributed by atoms with van der Waals surface area (Å²) in [6, 6.07) is 13.3. The molecule has 0 aliphatic carbocycles. The second-order valence-electron chi connectivity index (χ2n) is 5.10. The largest absolute Gasteiger partial charge is 0.338 e. The maximum absolute atomic E-state index is 11.8. The molecule has 2 aromatic carbocycles. The van der Waals surface area contributed by atoms with Gasteiger partial charge in [-0.3, -0.25) is 4.79 Å². The molecule has 0 bridgehead atoms. The van der Waals surface area contributed by atoms with Crippen molar-refractivity contribution in [3.63, 3.8) is 0 Å². The van der Waals surface area contributed by atoms with Gasteiger partial charge in [-0.05, 0) is 36.8 Å². The highest BCUT2D eigenvalue weighted by Crippen LogP contribution is 2.28. The summed E-state index contributed by atoms with van der Waals surface area (Å²) in [4.78, 5) is 19.6. The summed E-state index contributed by atoms with van der Waals surface area (Å²) in [5, 5.41) is 3.36. The first-order valence-electron chi connectivity index (χ1n) is 7.22. The second-order valence-corrected chi connectivity index (χ2v) is 5.50. The summed E-state index contributed by atoms with van der Waals surface area (Å²) in [7, 11) is 0. The van der Waals surface area contributed by atoms with Crippen molar-refractivity contribution in [3.8, 4) is 11.4 Å². The van der Waals surface area contributed by atoms with Gasteiger partial charge in [0, 0.05) is 12.0 Å². The Hall–Kier alpha value is -2.33. The van der Waals surface area contributed by atoms with Crippen molar-refractivity contribution < 1.29 is 4.79 Å². The lowest BCUT2D eigenvalue weighted by Gasteiger charge is -2.08. The number of hydrogen-bond acceptors (Lipinski definition) is 2. The van der Waals surface area contributed by atoms with E-state index < -0.39 is 0 Å². The lowest BCUT2D eigenvalue weighted by atomic mass is 10.2. The van der Waals surface area contributed by atoms with E-state index in [1.807, 2.05) is 43.3 Å². The molecular formula is C17H16ClN3O. The summed E-state index contributed by atoms with van der Waals surface area (Å²) in [5.41, 5.74) is 3.37. The van der Waals surface area contributed by atoms with E-state index in [2.05, 4.69) is 15.3 Å². The van der Waals surface area contributed by atoms with E-state index >= 15 is 0 Å². The number of carbonyl (C=O) groups is 1. The Kier molecular flexibility index (Phi) is 4.11. The Bertz CT molecular complexity index is 793. The van der Waals surface area contributed by atoms with Gasteiger partial charge in [0.05, 0.1) is 21.7 Å². The van der Waals surface area contributed by atoms with E-state index in [1.54, 1.807) is 6.07 Å². The van der Waals surface area contributed by atoms with Crippen LogP contribution in [0, 0.1) is 0 Å². The molecule has 2 N–H and O–H groups in total. The fourth-order valence-electron chi connectivity index (χ4n) is 2.30. The monoisotopic (exact) mass is 313 g/mol. The van der Waals surface area contributed by atoms with Crippen molar-refractivity contribution in [2.24, 2.45) is 0 Å². The van der Waals surface area contributed by atoms with Crippen LogP contribution in [0.15, 0.2) is 42.5 Å². The number of aromatic nitrogens is 2. The van der Waals surface area contributed by atoms with E-state index in [0.29, 0.717) is 17.1 Å². The molecule has 0 aliphatic heterocycles. The quantitative estimate of drug-likeness (QED) is 0.738. The number of aromatic amines is 1. The predicted octanol–water partition coefficient (Wildman–Crippen LogP) is 4.62. The van der Waals surface area contributed by atoms with Crippen molar-refractivity contribution in [2.45, 2.75) is 19.8 Å². The summed E-state index contributed by atoms with van der Waals surface area (Å²) in [6.07, 6.45) is 1.28. The van der Waals surface area contributed by atoms with E-state index in [1.165, 1.54) is 0 Å². The number of carbonyl (C=O) groups excluding carboxylic acids is 1. The zero-order valence-corrected chi connectivity index (χ0v) is 12.9. The molecule has 4 nitrogen and oxygen atoms in total. The molecule has 0 spiro atoms. The SMILES string of the molecule is CCCC(=O)Nc1cc(-c2nc3ccccc3[nH]2)ccc1Cl. The molecule has 0 aliphatic rings. The highest BCUT2D eigenvalue weighted by Gasteiger charge is 2.10. The molecule has 1 amide bonds. The van der Waals surface area contributed by atoms with Gasteiger partial charge in [0.1, 0.15) is 5.82 Å². The van der Waals surface area contributed by atoms with Crippen molar-refractivity contribution in [1.82, 2.24) is 9.97 Å². The summed E-state index contributed by atoms with van der Waals surface area (Å²) < 4.78 is 0. The van der Waals surface area contributed by atoms with Crippen LogP contribution in [0.2, 0.25) is 5.02 Å². The van der Waals surface area contributed by atoms with Crippen molar-refractivity contribution in [1.29, 1.82) is 0 Å². The van der Waals surface area contributed by atoms with Crippen LogP contribution in [-0.4, -0.2) is 15.9 Å². The first kappa shape index (κ1) is 14.6. The number of rotatable bonds is 4. The van der Waals surface area contributed by atoms with Gasteiger partial charge in [-0.25, -0.2) is 4.98 Å². The fourth-order valence-corrected chi connectivity index (χ4v) is 2.46. The minimum atomic E-state index is -0.0360. The zero-order chi connectivity index (χ0) is 15.5. The van der Waals surface area contributed by atoms with Gasteiger partial charge in [0.2, 0.25) is 5.91 Å². The summed E-state index contributed by atoms with van der Waals surface area (Å²) in [5.74, 6) is 0.718. The van der Waals surface area contributed by atoms with Crippen LogP contribution in [-0.2, 0) is 4.79 Å². The van der Waals surface area contributed by atoms with Crippen LogP contribution < -0.4 is 5.32 Å². The van der Waals surface area contributed by atoms with Gasteiger partial charge < -0.3 is 10.3 Å². The third-order valence-electron chi connectivity index (χ3n) is 3.38. The summed E-state index contributed by atoms with van der Waals surface area (Å²) in [6.45, 7) is 1.96. The number of hydrogen-bond donors (Lipinski definition) is 2. The van der Waals surface area contributed by atoms with Crippen LogP contribution >= 0.6 is 11.6 Å². The van der Waals surface area contributed by atoms with Gasteiger partial charge in [-0.1, -0.05) is 30.7 Å². The Balaban J connectivity index is 1.95. The normalized spacial score (nSPS) is 10.8. The Labute approximate surface area is 133 Å². The molecule has 1 heterocycles. The number of nitrogens with one attached hydrogen (secondary N) is 2. The molecule has 0 atom stereocenters. The molecule has 3 aromatic rings. The van der Waals surface area contributed by atoms with Crippen LogP contribution in [0.1, 0.15) is 19.8 Å². The molecule has 0 saturated heterocycles. The van der Waals surface area contributed by atoms with E-state index in [0.717, 1.165) is 28.8 Å². The first-order chi connectivity index (χ1) is 10.7. The van der Waals surface area contributed by atoms with E-state index in [-0.39, 0.29) is 5.91 Å². The molecule has 3 rings (SSSR count). The number of imidazole rings is 1. The number of anilines is 1. The molecule has 112 valence electrons. The van der Waals surface area contributed by atoms with Crippen LogP contribution in [0.5, 0.6) is 0 Å². The van der Waals surface area contributed by atoms with Crippen LogP contribution in [0.4, 0.5) is 5.69 Å². The van der Waals surface area contributed by atoms with Gasteiger partial charge in [-0.15, -0.1) is 0 Å². The smallest absolute Gasteiger partial charge is 0.224 e. The molecule has 0 radical (unpaired) electrons. The first-order valence-corrected chi connectivity index (χ1v) is 7.59. The highest BCUT2D eigenvalue weighted by molar-refractivity contribution is 6.33. The van der Waals surface area contributed by atoms with Gasteiger partial charge in [0.15, 0.2) is 0 Å². The highest BCUT2D eigenvalue weighted by atomic mass is 35.5. The second kappa shape index (κ2) is 6.20. The summed E-state index contributed by atoms with van der Waals surface area (Å²) >= 11 is 6.16. The number of benzene rings is 2. The topological polar surface area (TPSA) is 57.8 Å². The third-order valence-corrected chi connectivity index (χ3v) is 3.71. The minimum absolute atomic E-state index is 0.0360. The molecule has 0 saturated carbocycles. The van der Waals surface area contributed by atoms with Crippen LogP contribution in [0.25, 0.3) is 22.4 Å². The van der Waals surface area contributed by atoms with Gasteiger partial charge in [0.25, 0.3) is 0 Å². The van der Waals surface area contributed by atoms with Gasteiger partial charge >= 0.3 is 0 Å². The van der Waals surface area contributed by atoms with Crippen molar-refractivity contribution >= 4 is 34.2 Å². The average molecular weight is 314 g/mol. The van der Waals surface area contributed by atoms with E-state index in [9.17, 15) is 4.79 Å². The molecule has 22 heavy (non-hydrogen) atoms. The maximum atomic E-state index is 11.8. The molecular weight excluding hydrogens is 298 g/mol. The lowest BCUT2D eigenvalue weighted by Crippen LogP contribution is -2.11. The van der Waals surface area contributed by atoms with Gasteiger partial charge in [-0.2, -0.15) is 0 Å². The average Bonchev–Trinajstić information content (AvgIpc) is 2.93. The predicted molar refractivity (Wildman–Crippen MR) is 90.1 cm³/mol. The number of para-hydroxylation sites is 2. The maximum Gasteiger partial charge on any atom is 0.224 e. The van der Waals surface area contributed by atoms with E-state index in [4.69, 9.17) is 11.6 Å². The molecule has 5 heteroatoms. The number of nitrogens with zero attached hydrogens (tertiary/aromatic N) is 1. The Morgan fingerprint density at radius 1 is 1.27 bits per heavy atom. The molecule has 0 fully saturated rings. The number of H-pyrrole nitrogens is 1. The number of fused-ring (bicyclic) bond motifs is 1. The van der Waals surface area contributed by atoms with Crippen LogP contribution in [0.3, 0.4) is 0 Å². The third kappa shape index (κ3) is 2.97. The minimum Gasteiger partial charge on any atom is -0.338 e. The lowest BCUT2D eigenvalue weighted by molar-refractivity contribution is -0.116. The van der Waals surface area contributed by atoms with Crippen molar-refractivity contribution in [3.05, 3.63) is 47.5 Å². The molecule has 0 unspecified atom stereocenters. The number of amides is 1. The Morgan fingerprint density at radius 2 is 2.09 bits per heavy atom. The standard InChI is InChI=1S/C17H16ClN3O/c1-2-5-16(22)19-15-10-11(8-9-12(15)18)17-20-13-6-3-4-7-14(13)21-17/h3-4,6-10H,2,5H2,1H3,(H,19,22)(H,20,21).